The largest absolute Gasteiger partial charge is 0.416 e. The summed E-state index contributed by atoms with van der Waals surface area (Å²) < 4.78 is 35.9. The van der Waals surface area contributed by atoms with Crippen LogP contribution in [0.2, 0.25) is 0 Å². The van der Waals surface area contributed by atoms with E-state index in [2.05, 4.69) is 24.9 Å². The van der Waals surface area contributed by atoms with E-state index >= 15 is 0 Å². The Morgan fingerprint density at radius 2 is 1.57 bits per heavy atom. The zero-order valence-corrected chi connectivity index (χ0v) is 16.5. The molecule has 0 radical (unpaired) electrons. The summed E-state index contributed by atoms with van der Waals surface area (Å²) in [6, 6.07) is 7.69. The van der Waals surface area contributed by atoms with Crippen molar-refractivity contribution >= 4 is 5.69 Å². The highest BCUT2D eigenvalue weighted by Crippen LogP contribution is 2.39. The van der Waals surface area contributed by atoms with Crippen LogP contribution >= 0.6 is 0 Å². The maximum absolute atomic E-state index is 12.0. The predicted octanol–water partition coefficient (Wildman–Crippen LogP) is 6.29. The third-order valence-corrected chi connectivity index (χ3v) is 5.16. The molecule has 2 aromatic carbocycles. The van der Waals surface area contributed by atoms with Crippen molar-refractivity contribution in [2.45, 2.75) is 58.5 Å². The minimum absolute atomic E-state index is 0. The average Bonchev–Trinajstić information content (AvgIpc) is 3.23. The SMILES string of the molecule is C=C(C)Nc1c2c(cc3c1CCC3)CCC2.Cc1cccc(C(F)(F)F)c1.O.[HH].[HH]. The molecular formula is C23H32F3NO. The van der Waals surface area contributed by atoms with Gasteiger partial charge in [0.25, 0.3) is 0 Å². The average molecular weight is 396 g/mol. The van der Waals surface area contributed by atoms with Crippen molar-refractivity contribution in [1.82, 2.24) is 0 Å². The molecule has 156 valence electrons. The molecule has 2 aliphatic carbocycles. The van der Waals surface area contributed by atoms with Crippen LogP contribution in [0.1, 0.15) is 56.0 Å². The fourth-order valence-corrected chi connectivity index (χ4v) is 4.00. The van der Waals surface area contributed by atoms with E-state index in [1.54, 1.807) is 35.2 Å². The topological polar surface area (TPSA) is 43.5 Å². The van der Waals surface area contributed by atoms with Crippen molar-refractivity contribution in [3.63, 3.8) is 0 Å². The second-order valence-corrected chi connectivity index (χ2v) is 7.51. The van der Waals surface area contributed by atoms with Crippen molar-refractivity contribution in [1.29, 1.82) is 0 Å². The van der Waals surface area contributed by atoms with Crippen LogP contribution in [0.5, 0.6) is 0 Å². The third kappa shape index (κ3) is 4.96. The lowest BCUT2D eigenvalue weighted by Gasteiger charge is -2.16. The smallest absolute Gasteiger partial charge is 0.412 e. The van der Waals surface area contributed by atoms with Gasteiger partial charge >= 0.3 is 6.18 Å². The molecule has 0 spiro atoms. The molecule has 2 aromatic rings. The van der Waals surface area contributed by atoms with Gasteiger partial charge in [-0.05, 0) is 80.7 Å². The Balaban J connectivity index is 0.000000541. The van der Waals surface area contributed by atoms with Gasteiger partial charge in [-0.15, -0.1) is 0 Å². The summed E-state index contributed by atoms with van der Waals surface area (Å²) in [6.45, 7) is 7.68. The monoisotopic (exact) mass is 395 g/mol. The number of halogens is 3. The first-order valence-electron chi connectivity index (χ1n) is 9.48. The molecule has 0 aliphatic heterocycles. The van der Waals surface area contributed by atoms with E-state index in [1.165, 1.54) is 50.3 Å². The standard InChI is InChI=1S/C15H19N.C8H7F3.H2O.2H2/c1-10(2)16-15-13-7-3-5-11(13)9-12-6-4-8-14(12)15;1-6-3-2-4-7(5-6)8(9,10)11;;;/h9,16H,1,3-8H2,2H3;2-5H,1H3;1H2;2*1H. The van der Waals surface area contributed by atoms with Gasteiger partial charge in [-0.25, -0.2) is 0 Å². The lowest BCUT2D eigenvalue weighted by Crippen LogP contribution is -2.04. The Morgan fingerprint density at radius 3 is 2.00 bits per heavy atom. The summed E-state index contributed by atoms with van der Waals surface area (Å²) in [5, 5.41) is 3.51. The number of rotatable bonds is 2. The lowest BCUT2D eigenvalue weighted by molar-refractivity contribution is -0.137. The van der Waals surface area contributed by atoms with Crippen LogP contribution in [0.25, 0.3) is 0 Å². The van der Waals surface area contributed by atoms with Gasteiger partial charge in [0, 0.05) is 14.2 Å². The molecule has 0 saturated carbocycles. The van der Waals surface area contributed by atoms with Gasteiger partial charge in [-0.1, -0.05) is 36.4 Å². The van der Waals surface area contributed by atoms with E-state index in [1.807, 2.05) is 0 Å². The maximum atomic E-state index is 12.0. The number of fused-ring (bicyclic) bond motifs is 2. The summed E-state index contributed by atoms with van der Waals surface area (Å²) in [5.41, 5.74) is 8.84. The van der Waals surface area contributed by atoms with E-state index in [0.29, 0.717) is 5.56 Å². The van der Waals surface area contributed by atoms with Gasteiger partial charge in [0.05, 0.1) is 5.56 Å². The number of allylic oxidation sites excluding steroid dienone is 1. The molecule has 0 amide bonds. The Morgan fingerprint density at radius 1 is 1.00 bits per heavy atom. The molecule has 4 rings (SSSR count). The molecule has 0 atom stereocenters. The number of alkyl halides is 3. The number of nitrogens with one attached hydrogen (secondary N) is 1. The van der Waals surface area contributed by atoms with E-state index in [0.717, 1.165) is 17.8 Å². The van der Waals surface area contributed by atoms with Crippen molar-refractivity contribution in [2.75, 3.05) is 5.32 Å². The second-order valence-electron chi connectivity index (χ2n) is 7.51. The highest BCUT2D eigenvalue weighted by atomic mass is 19.4. The summed E-state index contributed by atoms with van der Waals surface area (Å²) in [5.74, 6) is 0. The number of anilines is 1. The first-order valence-corrected chi connectivity index (χ1v) is 9.48. The molecule has 0 heterocycles. The molecule has 5 heteroatoms. The highest BCUT2D eigenvalue weighted by Gasteiger charge is 2.30. The Hall–Kier alpha value is -2.27. The Bertz CT molecular complexity index is 834. The van der Waals surface area contributed by atoms with Crippen LogP contribution in [0.4, 0.5) is 18.9 Å². The van der Waals surface area contributed by atoms with Crippen LogP contribution in [-0.4, -0.2) is 5.48 Å². The molecule has 0 fully saturated rings. The minimum atomic E-state index is -4.22. The summed E-state index contributed by atoms with van der Waals surface area (Å²) in [4.78, 5) is 0. The van der Waals surface area contributed by atoms with Crippen LogP contribution in [-0.2, 0) is 31.9 Å². The van der Waals surface area contributed by atoms with Gasteiger partial charge in [0.2, 0.25) is 0 Å². The second kappa shape index (κ2) is 8.82. The fourth-order valence-electron chi connectivity index (χ4n) is 4.00. The van der Waals surface area contributed by atoms with Crippen LogP contribution in [0, 0.1) is 6.92 Å². The van der Waals surface area contributed by atoms with Crippen LogP contribution < -0.4 is 5.32 Å². The number of hydrogen-bond donors (Lipinski definition) is 1. The van der Waals surface area contributed by atoms with Crippen molar-refractivity contribution in [2.24, 2.45) is 0 Å². The van der Waals surface area contributed by atoms with Gasteiger partial charge in [-0.2, -0.15) is 13.2 Å². The Kier molecular flexibility index (Phi) is 6.94. The number of hydrogen-bond acceptors (Lipinski definition) is 1. The first kappa shape index (κ1) is 22.0. The first-order chi connectivity index (χ1) is 12.8. The molecule has 28 heavy (non-hydrogen) atoms. The Labute approximate surface area is 167 Å². The molecule has 2 nitrogen and oxygen atoms in total. The predicted molar refractivity (Wildman–Crippen MR) is 113 cm³/mol. The quantitative estimate of drug-likeness (QED) is 0.638. The van der Waals surface area contributed by atoms with Gasteiger partial charge in [-0.3, -0.25) is 0 Å². The summed E-state index contributed by atoms with van der Waals surface area (Å²) in [6.07, 6.45) is 3.47. The van der Waals surface area contributed by atoms with Crippen molar-refractivity contribution in [3.05, 3.63) is 76.0 Å². The van der Waals surface area contributed by atoms with Gasteiger partial charge < -0.3 is 10.8 Å². The zero-order chi connectivity index (χ0) is 19.6. The normalized spacial score (nSPS) is 14.3. The molecular weight excluding hydrogens is 363 g/mol. The number of benzene rings is 2. The van der Waals surface area contributed by atoms with Crippen LogP contribution in [0.15, 0.2) is 42.6 Å². The maximum Gasteiger partial charge on any atom is 0.416 e. The zero-order valence-electron chi connectivity index (χ0n) is 16.5. The number of aryl methyl sites for hydroxylation is 3. The van der Waals surface area contributed by atoms with E-state index in [4.69, 9.17) is 0 Å². The molecule has 2 aliphatic rings. The molecule has 3 N–H and O–H groups in total. The van der Waals surface area contributed by atoms with E-state index in [-0.39, 0.29) is 8.33 Å². The molecule has 0 saturated heterocycles. The summed E-state index contributed by atoms with van der Waals surface area (Å²) >= 11 is 0. The van der Waals surface area contributed by atoms with E-state index < -0.39 is 11.7 Å². The molecule has 0 bridgehead atoms. The van der Waals surface area contributed by atoms with Crippen molar-refractivity contribution < 1.29 is 21.5 Å². The molecule has 0 aromatic heterocycles. The third-order valence-electron chi connectivity index (χ3n) is 5.16. The molecule has 0 unspecified atom stereocenters. The highest BCUT2D eigenvalue weighted by molar-refractivity contribution is 5.67. The fraction of sp³-hybridized carbons (Fsp3) is 0.391. The lowest BCUT2D eigenvalue weighted by atomic mass is 9.98. The van der Waals surface area contributed by atoms with Gasteiger partial charge in [0.15, 0.2) is 0 Å². The van der Waals surface area contributed by atoms with E-state index in [9.17, 15) is 13.2 Å². The van der Waals surface area contributed by atoms with Gasteiger partial charge in [0.1, 0.15) is 0 Å². The van der Waals surface area contributed by atoms with Crippen molar-refractivity contribution in [3.8, 4) is 0 Å². The minimum Gasteiger partial charge on any atom is -0.412 e. The summed E-state index contributed by atoms with van der Waals surface area (Å²) in [7, 11) is 0. The van der Waals surface area contributed by atoms with Crippen LogP contribution in [0.3, 0.4) is 0 Å².